The van der Waals surface area contributed by atoms with Gasteiger partial charge >= 0.3 is 11.8 Å². The Morgan fingerprint density at radius 2 is 1.52 bits per heavy atom. The molecule has 0 spiro atoms. The number of benzene rings is 1. The number of nitrogens with zero attached hydrogens (tertiary/aromatic N) is 2. The first-order valence-electron chi connectivity index (χ1n) is 12.4. The minimum Gasteiger partial charge on any atom is -1.00 e. The second-order valence-corrected chi connectivity index (χ2v) is 8.52. The average Bonchev–Trinajstić information content (AvgIpc) is 3.15. The van der Waals surface area contributed by atoms with Gasteiger partial charge in [0.2, 0.25) is 6.54 Å². The predicted octanol–water partition coefficient (Wildman–Crippen LogP) is 3.87. The van der Waals surface area contributed by atoms with Crippen LogP contribution >= 0.6 is 0 Å². The molecule has 0 bridgehead atoms. The predicted molar refractivity (Wildman–Crippen MR) is 129 cm³/mol. The number of aromatic nitrogens is 1. The molecular formula is C27H41BrN2O3. The van der Waals surface area contributed by atoms with E-state index in [4.69, 9.17) is 9.26 Å². The molecule has 2 aromatic rings. The van der Waals surface area contributed by atoms with Crippen LogP contribution in [-0.2, 0) is 16.1 Å². The standard InChI is InChI=1S/C27H41N2O3.BrH/c1-3-4-5-6-7-8-9-10-11-12-13-17-20-31-27(30)23-29-26(21-24(2)32-29)28-22-25-18-15-14-16-19-25;/h14-16,18-19,21-22H,3-13,17,20,23H2,1-2H3;1H/q+1;/p-1. The number of unbranched alkanes of at least 4 members (excludes halogenated alkanes) is 11. The van der Waals surface area contributed by atoms with Gasteiger partial charge in [-0.25, -0.2) is 4.79 Å². The van der Waals surface area contributed by atoms with Gasteiger partial charge in [0.15, 0.2) is 5.76 Å². The molecule has 0 fully saturated rings. The highest BCUT2D eigenvalue weighted by atomic mass is 79.9. The van der Waals surface area contributed by atoms with E-state index in [-0.39, 0.29) is 29.5 Å². The van der Waals surface area contributed by atoms with E-state index in [0.29, 0.717) is 18.2 Å². The molecule has 0 unspecified atom stereocenters. The molecule has 2 rings (SSSR count). The zero-order valence-corrected chi connectivity index (χ0v) is 22.0. The van der Waals surface area contributed by atoms with Crippen LogP contribution in [0.4, 0.5) is 5.82 Å². The fraction of sp³-hybridized carbons (Fsp3) is 0.593. The Bertz CT molecular complexity index is 790. The average molecular weight is 522 g/mol. The maximum Gasteiger partial charge on any atom is 0.361 e. The van der Waals surface area contributed by atoms with Crippen LogP contribution in [0.5, 0.6) is 0 Å². The monoisotopic (exact) mass is 520 g/mol. The van der Waals surface area contributed by atoms with Crippen molar-refractivity contribution >= 4 is 18.0 Å². The van der Waals surface area contributed by atoms with Crippen LogP contribution in [0.3, 0.4) is 0 Å². The molecule has 1 heterocycles. The molecule has 0 aliphatic carbocycles. The Balaban J connectivity index is 0.00000544. The van der Waals surface area contributed by atoms with Crippen molar-refractivity contribution in [1.82, 2.24) is 0 Å². The Morgan fingerprint density at radius 1 is 0.939 bits per heavy atom. The largest absolute Gasteiger partial charge is 1.00 e. The lowest BCUT2D eigenvalue weighted by atomic mass is 10.1. The number of carbonyl (C=O) groups excluding carboxylic acids is 1. The third-order valence-electron chi connectivity index (χ3n) is 5.52. The Hall–Kier alpha value is -1.95. The van der Waals surface area contributed by atoms with Gasteiger partial charge < -0.3 is 26.2 Å². The van der Waals surface area contributed by atoms with E-state index in [1.165, 1.54) is 68.9 Å². The smallest absolute Gasteiger partial charge is 0.361 e. The lowest BCUT2D eigenvalue weighted by molar-refractivity contribution is -0.845. The number of hydrogen-bond acceptors (Lipinski definition) is 4. The van der Waals surface area contributed by atoms with Crippen molar-refractivity contribution in [2.45, 2.75) is 97.4 Å². The van der Waals surface area contributed by atoms with Crippen molar-refractivity contribution in [3.05, 3.63) is 47.7 Å². The third-order valence-corrected chi connectivity index (χ3v) is 5.52. The molecule has 1 aromatic heterocycles. The summed E-state index contributed by atoms with van der Waals surface area (Å²) in [5.41, 5.74) is 0.993. The van der Waals surface area contributed by atoms with Crippen molar-refractivity contribution in [2.24, 2.45) is 4.99 Å². The molecule has 0 amide bonds. The van der Waals surface area contributed by atoms with Crippen LogP contribution in [0.25, 0.3) is 0 Å². The van der Waals surface area contributed by atoms with Gasteiger partial charge in [0.25, 0.3) is 0 Å². The molecular weight excluding hydrogens is 480 g/mol. The SMILES string of the molecule is CCCCCCCCCCCCCCOC(=O)C[n+]1oc(C)cc1N=Cc1ccccc1.[Br-]. The number of hydrogen-bond donors (Lipinski definition) is 0. The summed E-state index contributed by atoms with van der Waals surface area (Å²) < 4.78 is 12.5. The normalized spacial score (nSPS) is 11.0. The summed E-state index contributed by atoms with van der Waals surface area (Å²) >= 11 is 0. The zero-order chi connectivity index (χ0) is 22.9. The number of esters is 1. The van der Waals surface area contributed by atoms with Crippen LogP contribution in [0, 0.1) is 6.92 Å². The van der Waals surface area contributed by atoms with E-state index < -0.39 is 0 Å². The maximum atomic E-state index is 12.2. The van der Waals surface area contributed by atoms with E-state index >= 15 is 0 Å². The summed E-state index contributed by atoms with van der Waals surface area (Å²) in [5, 5.41) is 0. The highest BCUT2D eigenvalue weighted by Crippen LogP contribution is 2.12. The highest BCUT2D eigenvalue weighted by molar-refractivity contribution is 5.81. The fourth-order valence-electron chi connectivity index (χ4n) is 3.69. The van der Waals surface area contributed by atoms with Crippen molar-refractivity contribution in [2.75, 3.05) is 6.61 Å². The summed E-state index contributed by atoms with van der Waals surface area (Å²) in [6.07, 6.45) is 17.3. The molecule has 0 N–H and O–H groups in total. The van der Waals surface area contributed by atoms with Crippen molar-refractivity contribution < 1.29 is 35.8 Å². The number of carbonyl (C=O) groups is 1. The Morgan fingerprint density at radius 3 is 2.12 bits per heavy atom. The molecule has 184 valence electrons. The van der Waals surface area contributed by atoms with Gasteiger partial charge in [0.05, 0.1) is 12.7 Å². The molecule has 0 saturated heterocycles. The van der Waals surface area contributed by atoms with Crippen molar-refractivity contribution in [1.29, 1.82) is 0 Å². The summed E-state index contributed by atoms with van der Waals surface area (Å²) in [5.74, 6) is 1.02. The first-order valence-corrected chi connectivity index (χ1v) is 12.4. The fourth-order valence-corrected chi connectivity index (χ4v) is 3.69. The summed E-state index contributed by atoms with van der Waals surface area (Å²) in [6.45, 7) is 4.61. The van der Waals surface area contributed by atoms with E-state index in [1.54, 1.807) is 6.21 Å². The molecule has 0 aliphatic heterocycles. The third kappa shape index (κ3) is 13.4. The van der Waals surface area contributed by atoms with Gasteiger partial charge in [-0.2, -0.15) is 0 Å². The van der Waals surface area contributed by atoms with Crippen LogP contribution in [0.1, 0.15) is 95.3 Å². The van der Waals surface area contributed by atoms with Gasteiger partial charge in [0, 0.05) is 5.56 Å². The van der Waals surface area contributed by atoms with E-state index in [9.17, 15) is 4.79 Å². The lowest BCUT2D eigenvalue weighted by Crippen LogP contribution is -3.00. The molecule has 0 aliphatic rings. The molecule has 0 radical (unpaired) electrons. The number of halogens is 1. The molecule has 0 atom stereocenters. The number of ether oxygens (including phenoxy) is 1. The lowest BCUT2D eigenvalue weighted by Gasteiger charge is -2.04. The van der Waals surface area contributed by atoms with Gasteiger partial charge in [-0.15, -0.1) is 0 Å². The van der Waals surface area contributed by atoms with Crippen LogP contribution < -0.4 is 21.7 Å². The van der Waals surface area contributed by atoms with Gasteiger partial charge in [-0.1, -0.05) is 113 Å². The summed E-state index contributed by atoms with van der Waals surface area (Å²) in [6, 6.07) is 11.7. The summed E-state index contributed by atoms with van der Waals surface area (Å²) in [4.78, 5) is 16.7. The minimum atomic E-state index is -0.288. The number of rotatable bonds is 17. The van der Waals surface area contributed by atoms with E-state index in [1.807, 2.05) is 43.3 Å². The molecule has 33 heavy (non-hydrogen) atoms. The van der Waals surface area contributed by atoms with Gasteiger partial charge in [-0.05, 0) is 18.3 Å². The van der Waals surface area contributed by atoms with Crippen LogP contribution in [0.2, 0.25) is 0 Å². The van der Waals surface area contributed by atoms with Gasteiger partial charge in [-0.3, -0.25) is 0 Å². The Kier molecular flexibility index (Phi) is 16.3. The van der Waals surface area contributed by atoms with Crippen LogP contribution in [-0.4, -0.2) is 18.8 Å². The number of aryl methyl sites for hydroxylation is 1. The molecule has 5 nitrogen and oxygen atoms in total. The van der Waals surface area contributed by atoms with E-state index in [2.05, 4.69) is 11.9 Å². The quantitative estimate of drug-likeness (QED) is 0.138. The topological polar surface area (TPSA) is 55.7 Å². The first kappa shape index (κ1) is 29.1. The zero-order valence-electron chi connectivity index (χ0n) is 20.4. The van der Waals surface area contributed by atoms with Crippen molar-refractivity contribution in [3.63, 3.8) is 0 Å². The summed E-state index contributed by atoms with van der Waals surface area (Å²) in [7, 11) is 0. The van der Waals surface area contributed by atoms with Crippen LogP contribution in [0.15, 0.2) is 45.9 Å². The first-order chi connectivity index (χ1) is 15.7. The van der Waals surface area contributed by atoms with E-state index in [0.717, 1.165) is 18.4 Å². The second-order valence-electron chi connectivity index (χ2n) is 8.52. The molecule has 0 saturated carbocycles. The second kappa shape index (κ2) is 18.5. The Labute approximate surface area is 210 Å². The molecule has 6 heteroatoms. The maximum absolute atomic E-state index is 12.2. The highest BCUT2D eigenvalue weighted by Gasteiger charge is 2.19. The van der Waals surface area contributed by atoms with Crippen molar-refractivity contribution in [3.8, 4) is 0 Å². The minimum absolute atomic E-state index is 0. The molecule has 1 aromatic carbocycles. The number of aliphatic imine (C=N–C) groups is 1. The van der Waals surface area contributed by atoms with Gasteiger partial charge in [0.1, 0.15) is 6.21 Å².